The molecule has 3 atom stereocenters. The molecule has 2 aromatic rings. The summed E-state index contributed by atoms with van der Waals surface area (Å²) in [6.07, 6.45) is 4.62. The highest BCUT2D eigenvalue weighted by Gasteiger charge is 2.27. The van der Waals surface area contributed by atoms with Crippen LogP contribution >= 0.6 is 0 Å². The normalized spacial score (nSPS) is 20.0. The molecule has 1 fully saturated rings. The highest BCUT2D eigenvalue weighted by Crippen LogP contribution is 2.43. The number of benzene rings is 2. The Bertz CT molecular complexity index is 806. The SMILES string of the molecule is COc1cc([C@@H](C)CC2CC[C@@H](c3ccc(OCC(N)=O)cc3)C2)ccc1F. The number of halogens is 1. The lowest BCUT2D eigenvalue weighted by molar-refractivity contribution is -0.119. The third-order valence-corrected chi connectivity index (χ3v) is 5.70. The Hall–Kier alpha value is -2.56. The van der Waals surface area contributed by atoms with Crippen molar-refractivity contribution in [1.82, 2.24) is 0 Å². The lowest BCUT2D eigenvalue weighted by Crippen LogP contribution is -2.19. The summed E-state index contributed by atoms with van der Waals surface area (Å²) in [5.74, 6) is 1.75. The average molecular weight is 385 g/mol. The summed E-state index contributed by atoms with van der Waals surface area (Å²) < 4.78 is 24.1. The molecule has 0 heterocycles. The second-order valence-corrected chi connectivity index (χ2v) is 7.73. The van der Waals surface area contributed by atoms with Gasteiger partial charge in [0.15, 0.2) is 18.2 Å². The van der Waals surface area contributed by atoms with Crippen LogP contribution in [0.3, 0.4) is 0 Å². The quantitative estimate of drug-likeness (QED) is 0.712. The monoisotopic (exact) mass is 385 g/mol. The second-order valence-electron chi connectivity index (χ2n) is 7.73. The Morgan fingerprint density at radius 3 is 2.64 bits per heavy atom. The van der Waals surface area contributed by atoms with Gasteiger partial charge in [-0.3, -0.25) is 4.79 Å². The van der Waals surface area contributed by atoms with E-state index in [1.54, 1.807) is 0 Å². The van der Waals surface area contributed by atoms with Gasteiger partial charge in [0.25, 0.3) is 5.91 Å². The number of hydrogen-bond donors (Lipinski definition) is 1. The topological polar surface area (TPSA) is 61.6 Å². The van der Waals surface area contributed by atoms with Gasteiger partial charge in [-0.05, 0) is 78.8 Å². The van der Waals surface area contributed by atoms with Gasteiger partial charge in [0.1, 0.15) is 5.75 Å². The molecule has 0 aliphatic heterocycles. The Kier molecular flexibility index (Phi) is 6.55. The van der Waals surface area contributed by atoms with Gasteiger partial charge >= 0.3 is 0 Å². The van der Waals surface area contributed by atoms with Crippen molar-refractivity contribution in [2.24, 2.45) is 11.7 Å². The summed E-state index contributed by atoms with van der Waals surface area (Å²) in [5, 5.41) is 0. The van der Waals surface area contributed by atoms with Crippen molar-refractivity contribution in [2.75, 3.05) is 13.7 Å². The maximum absolute atomic E-state index is 13.6. The van der Waals surface area contributed by atoms with Crippen LogP contribution in [0.2, 0.25) is 0 Å². The number of primary amides is 1. The minimum absolute atomic E-state index is 0.100. The summed E-state index contributed by atoms with van der Waals surface area (Å²) in [6, 6.07) is 13.1. The molecule has 1 aliphatic carbocycles. The van der Waals surface area contributed by atoms with Gasteiger partial charge in [0.05, 0.1) is 7.11 Å². The Morgan fingerprint density at radius 2 is 1.96 bits per heavy atom. The van der Waals surface area contributed by atoms with Crippen LogP contribution in [0.15, 0.2) is 42.5 Å². The molecular weight excluding hydrogens is 357 g/mol. The summed E-state index contributed by atoms with van der Waals surface area (Å²) in [4.78, 5) is 10.8. The van der Waals surface area contributed by atoms with E-state index in [0.717, 1.165) is 18.4 Å². The van der Waals surface area contributed by atoms with Crippen molar-refractivity contribution >= 4 is 5.91 Å². The van der Waals surface area contributed by atoms with Crippen molar-refractivity contribution in [3.63, 3.8) is 0 Å². The van der Waals surface area contributed by atoms with Crippen LogP contribution in [0.4, 0.5) is 4.39 Å². The molecule has 5 heteroatoms. The van der Waals surface area contributed by atoms with Crippen molar-refractivity contribution in [1.29, 1.82) is 0 Å². The molecule has 2 aromatic carbocycles. The van der Waals surface area contributed by atoms with Crippen LogP contribution in [-0.4, -0.2) is 19.6 Å². The van der Waals surface area contributed by atoms with E-state index >= 15 is 0 Å². The molecule has 2 N–H and O–H groups in total. The Morgan fingerprint density at radius 1 is 1.21 bits per heavy atom. The molecule has 0 bridgehead atoms. The highest BCUT2D eigenvalue weighted by molar-refractivity contribution is 5.75. The zero-order valence-corrected chi connectivity index (χ0v) is 16.5. The average Bonchev–Trinajstić information content (AvgIpc) is 3.15. The number of amides is 1. The van der Waals surface area contributed by atoms with E-state index in [4.69, 9.17) is 15.2 Å². The van der Waals surface area contributed by atoms with Gasteiger partial charge < -0.3 is 15.2 Å². The molecular formula is C23H28FNO3. The van der Waals surface area contributed by atoms with E-state index in [0.29, 0.717) is 29.3 Å². The van der Waals surface area contributed by atoms with Crippen LogP contribution in [0.25, 0.3) is 0 Å². The maximum Gasteiger partial charge on any atom is 0.255 e. The standard InChI is InChI=1S/C23H28FNO3/c1-15(18-7-10-21(24)22(13-18)27-2)11-16-3-4-19(12-16)17-5-8-20(9-6-17)28-14-23(25)26/h5-10,13,15-16,19H,3-4,11-12,14H2,1-2H3,(H2,25,26)/t15-,16?,19+/m0/s1. The van der Waals surface area contributed by atoms with E-state index in [2.05, 4.69) is 19.1 Å². The molecule has 0 saturated heterocycles. The van der Waals surface area contributed by atoms with Crippen LogP contribution in [0.1, 0.15) is 55.6 Å². The number of nitrogens with two attached hydrogens (primary N) is 1. The summed E-state index contributed by atoms with van der Waals surface area (Å²) >= 11 is 0. The van der Waals surface area contributed by atoms with E-state index < -0.39 is 5.91 Å². The summed E-state index contributed by atoms with van der Waals surface area (Å²) in [6.45, 7) is 2.10. The molecule has 4 nitrogen and oxygen atoms in total. The molecule has 0 spiro atoms. The molecule has 0 aromatic heterocycles. The third kappa shape index (κ3) is 5.03. The van der Waals surface area contributed by atoms with Gasteiger partial charge in [-0.15, -0.1) is 0 Å². The number of carbonyl (C=O) groups excluding carboxylic acids is 1. The van der Waals surface area contributed by atoms with E-state index in [9.17, 15) is 9.18 Å². The first-order valence-electron chi connectivity index (χ1n) is 9.80. The lowest BCUT2D eigenvalue weighted by atomic mass is 9.88. The highest BCUT2D eigenvalue weighted by atomic mass is 19.1. The number of hydrogen-bond acceptors (Lipinski definition) is 3. The first-order valence-corrected chi connectivity index (χ1v) is 9.80. The van der Waals surface area contributed by atoms with Gasteiger partial charge in [-0.1, -0.05) is 25.1 Å². The fourth-order valence-corrected chi connectivity index (χ4v) is 4.20. The van der Waals surface area contributed by atoms with E-state index in [1.165, 1.54) is 31.6 Å². The lowest BCUT2D eigenvalue weighted by Gasteiger charge is -2.18. The zero-order valence-electron chi connectivity index (χ0n) is 16.5. The predicted octanol–water partition coefficient (Wildman–Crippen LogP) is 4.78. The largest absolute Gasteiger partial charge is 0.494 e. The fraction of sp³-hybridized carbons (Fsp3) is 0.435. The van der Waals surface area contributed by atoms with Gasteiger partial charge in [-0.25, -0.2) is 4.39 Å². The summed E-state index contributed by atoms with van der Waals surface area (Å²) in [5.41, 5.74) is 7.53. The van der Waals surface area contributed by atoms with Crippen LogP contribution in [0.5, 0.6) is 11.5 Å². The molecule has 1 saturated carbocycles. The third-order valence-electron chi connectivity index (χ3n) is 5.70. The number of methoxy groups -OCH3 is 1. The van der Waals surface area contributed by atoms with E-state index in [-0.39, 0.29) is 12.4 Å². The molecule has 1 unspecified atom stereocenters. The van der Waals surface area contributed by atoms with Gasteiger partial charge in [0.2, 0.25) is 0 Å². The Balaban J connectivity index is 1.55. The van der Waals surface area contributed by atoms with E-state index in [1.807, 2.05) is 24.3 Å². The maximum atomic E-state index is 13.6. The predicted molar refractivity (Wildman–Crippen MR) is 107 cm³/mol. The molecule has 3 rings (SSSR count). The van der Waals surface area contributed by atoms with Crippen molar-refractivity contribution < 1.29 is 18.7 Å². The van der Waals surface area contributed by atoms with Crippen molar-refractivity contribution in [2.45, 2.75) is 44.4 Å². The van der Waals surface area contributed by atoms with Gasteiger partial charge in [0, 0.05) is 0 Å². The van der Waals surface area contributed by atoms with Crippen LogP contribution in [-0.2, 0) is 4.79 Å². The van der Waals surface area contributed by atoms with Crippen molar-refractivity contribution in [3.05, 3.63) is 59.4 Å². The molecule has 150 valence electrons. The fourth-order valence-electron chi connectivity index (χ4n) is 4.20. The van der Waals surface area contributed by atoms with Crippen molar-refractivity contribution in [3.8, 4) is 11.5 Å². The number of rotatable bonds is 8. The van der Waals surface area contributed by atoms with Crippen LogP contribution < -0.4 is 15.2 Å². The summed E-state index contributed by atoms with van der Waals surface area (Å²) in [7, 11) is 1.50. The molecule has 1 amide bonds. The molecule has 0 radical (unpaired) electrons. The first kappa shape index (κ1) is 20.2. The smallest absolute Gasteiger partial charge is 0.255 e. The minimum Gasteiger partial charge on any atom is -0.494 e. The second kappa shape index (κ2) is 9.09. The van der Waals surface area contributed by atoms with Gasteiger partial charge in [-0.2, -0.15) is 0 Å². The van der Waals surface area contributed by atoms with Crippen LogP contribution in [0, 0.1) is 11.7 Å². The first-order chi connectivity index (χ1) is 13.5. The number of carbonyl (C=O) groups is 1. The molecule has 1 aliphatic rings. The number of ether oxygens (including phenoxy) is 2. The minimum atomic E-state index is -0.476. The molecule has 28 heavy (non-hydrogen) atoms. The zero-order chi connectivity index (χ0) is 20.1. The Labute approximate surface area is 165 Å².